The van der Waals surface area contributed by atoms with E-state index in [1.807, 2.05) is 0 Å². The molecule has 0 unspecified atom stereocenters. The summed E-state index contributed by atoms with van der Waals surface area (Å²) in [4.78, 5) is 0. The number of benzene rings is 1. The van der Waals surface area contributed by atoms with Gasteiger partial charge in [0.2, 0.25) is 0 Å². The van der Waals surface area contributed by atoms with Crippen molar-refractivity contribution in [2.24, 2.45) is 10.9 Å². The van der Waals surface area contributed by atoms with E-state index in [2.05, 4.69) is 5.10 Å². The Kier molecular flexibility index (Phi) is 2.19. The number of hydrogen-bond acceptors (Lipinski definition) is 4. The number of phenolic OH excluding ortho intramolecular Hbond substituents is 2. The second-order valence-corrected chi connectivity index (χ2v) is 2.42. The van der Waals surface area contributed by atoms with Crippen molar-refractivity contribution in [1.82, 2.24) is 0 Å². The molecule has 4 heteroatoms. The predicted molar refractivity (Wildman–Crippen MR) is 46.2 cm³/mol. The van der Waals surface area contributed by atoms with E-state index in [9.17, 15) is 5.11 Å². The zero-order valence-corrected chi connectivity index (χ0v) is 6.65. The van der Waals surface area contributed by atoms with Crippen molar-refractivity contribution < 1.29 is 10.2 Å². The van der Waals surface area contributed by atoms with Crippen LogP contribution in [0.5, 0.6) is 11.5 Å². The number of nitrogens with two attached hydrogens (primary N) is 1. The number of aromatic hydroxyl groups is 2. The van der Waals surface area contributed by atoms with Gasteiger partial charge in [-0.1, -0.05) is 0 Å². The van der Waals surface area contributed by atoms with Crippen LogP contribution in [0.3, 0.4) is 0 Å². The zero-order chi connectivity index (χ0) is 9.14. The van der Waals surface area contributed by atoms with Crippen molar-refractivity contribution in [3.63, 3.8) is 0 Å². The fourth-order valence-electron chi connectivity index (χ4n) is 0.896. The maximum atomic E-state index is 9.30. The highest BCUT2D eigenvalue weighted by molar-refractivity contribution is 6.00. The molecule has 64 valence electrons. The lowest BCUT2D eigenvalue weighted by molar-refractivity contribution is 0.450. The fourth-order valence-corrected chi connectivity index (χ4v) is 0.896. The first-order chi connectivity index (χ1) is 5.65. The lowest BCUT2D eigenvalue weighted by Crippen LogP contribution is -1.98. The molecule has 0 heterocycles. The van der Waals surface area contributed by atoms with Crippen LogP contribution in [0.15, 0.2) is 23.3 Å². The average Bonchev–Trinajstić information content (AvgIpc) is 2.03. The normalized spacial score (nSPS) is 11.6. The van der Waals surface area contributed by atoms with Gasteiger partial charge < -0.3 is 16.1 Å². The lowest BCUT2D eigenvalue weighted by atomic mass is 10.1. The summed E-state index contributed by atoms with van der Waals surface area (Å²) in [5.74, 6) is 5.01. The van der Waals surface area contributed by atoms with Crippen molar-refractivity contribution in [2.45, 2.75) is 6.92 Å². The topological polar surface area (TPSA) is 78.8 Å². The molecule has 1 aromatic carbocycles. The van der Waals surface area contributed by atoms with E-state index < -0.39 is 0 Å². The van der Waals surface area contributed by atoms with Crippen molar-refractivity contribution in [3.8, 4) is 11.5 Å². The molecule has 4 N–H and O–H groups in total. The summed E-state index contributed by atoms with van der Waals surface area (Å²) in [5, 5.41) is 21.7. The van der Waals surface area contributed by atoms with Crippen LogP contribution in [0.2, 0.25) is 0 Å². The van der Waals surface area contributed by atoms with E-state index in [-0.39, 0.29) is 11.5 Å². The summed E-state index contributed by atoms with van der Waals surface area (Å²) in [5.41, 5.74) is 1.04. The molecule has 1 aromatic rings. The molecular weight excluding hydrogens is 156 g/mol. The van der Waals surface area contributed by atoms with Gasteiger partial charge in [0.25, 0.3) is 0 Å². The smallest absolute Gasteiger partial charge is 0.128 e. The molecule has 0 bridgehead atoms. The first kappa shape index (κ1) is 8.39. The Morgan fingerprint density at radius 3 is 2.58 bits per heavy atom. The molecular formula is C8H10N2O2. The van der Waals surface area contributed by atoms with Gasteiger partial charge in [-0.15, -0.1) is 0 Å². The monoisotopic (exact) mass is 166 g/mol. The van der Waals surface area contributed by atoms with Crippen LogP contribution in [0.1, 0.15) is 12.5 Å². The van der Waals surface area contributed by atoms with Gasteiger partial charge >= 0.3 is 0 Å². The Bertz CT molecular complexity index is 321. The number of phenols is 2. The molecule has 0 aliphatic carbocycles. The lowest BCUT2D eigenvalue weighted by Gasteiger charge is -2.02. The molecule has 0 radical (unpaired) electrons. The van der Waals surface area contributed by atoms with Gasteiger partial charge in [0.05, 0.1) is 5.71 Å². The SMILES string of the molecule is CC(=NN)c1ccc(O)cc1O. The second-order valence-electron chi connectivity index (χ2n) is 2.42. The molecule has 0 aliphatic rings. The summed E-state index contributed by atoms with van der Waals surface area (Å²) < 4.78 is 0. The maximum Gasteiger partial charge on any atom is 0.128 e. The minimum atomic E-state index is -0.0262. The van der Waals surface area contributed by atoms with E-state index in [0.717, 1.165) is 0 Å². The van der Waals surface area contributed by atoms with Gasteiger partial charge in [-0.05, 0) is 19.1 Å². The van der Waals surface area contributed by atoms with Gasteiger partial charge in [-0.25, -0.2) is 0 Å². The quantitative estimate of drug-likeness (QED) is 0.327. The standard InChI is InChI=1S/C8H10N2O2/c1-5(10-9)7-3-2-6(11)4-8(7)12/h2-4,11-12H,9H2,1H3. The van der Waals surface area contributed by atoms with Gasteiger partial charge in [0.1, 0.15) is 11.5 Å². The highest BCUT2D eigenvalue weighted by atomic mass is 16.3. The third-order valence-corrected chi connectivity index (χ3v) is 1.56. The summed E-state index contributed by atoms with van der Waals surface area (Å²) in [6, 6.07) is 4.25. The van der Waals surface area contributed by atoms with Crippen LogP contribution >= 0.6 is 0 Å². The Labute approximate surface area is 70.0 Å². The molecule has 0 atom stereocenters. The molecule has 0 aromatic heterocycles. The Morgan fingerprint density at radius 1 is 1.42 bits per heavy atom. The fraction of sp³-hybridized carbons (Fsp3) is 0.125. The van der Waals surface area contributed by atoms with Gasteiger partial charge in [-0.2, -0.15) is 5.10 Å². The summed E-state index contributed by atoms with van der Waals surface area (Å²) in [6.07, 6.45) is 0. The molecule has 0 amide bonds. The highest BCUT2D eigenvalue weighted by Gasteiger charge is 2.04. The van der Waals surface area contributed by atoms with Crippen molar-refractivity contribution in [3.05, 3.63) is 23.8 Å². The van der Waals surface area contributed by atoms with Crippen LogP contribution in [0.25, 0.3) is 0 Å². The number of nitrogens with zero attached hydrogens (tertiary/aromatic N) is 1. The third-order valence-electron chi connectivity index (χ3n) is 1.56. The Balaban J connectivity index is 3.18. The minimum absolute atomic E-state index is 0.0149. The van der Waals surface area contributed by atoms with Crippen molar-refractivity contribution >= 4 is 5.71 Å². The van der Waals surface area contributed by atoms with E-state index in [0.29, 0.717) is 11.3 Å². The largest absolute Gasteiger partial charge is 0.508 e. The molecule has 0 saturated heterocycles. The molecule has 1 rings (SSSR count). The van der Waals surface area contributed by atoms with E-state index in [1.165, 1.54) is 12.1 Å². The first-order valence-corrected chi connectivity index (χ1v) is 3.42. The highest BCUT2D eigenvalue weighted by Crippen LogP contribution is 2.22. The number of hydrazone groups is 1. The molecule has 12 heavy (non-hydrogen) atoms. The van der Waals surface area contributed by atoms with E-state index >= 15 is 0 Å². The average molecular weight is 166 g/mol. The van der Waals surface area contributed by atoms with E-state index in [1.54, 1.807) is 13.0 Å². The molecule has 0 fully saturated rings. The van der Waals surface area contributed by atoms with Crippen LogP contribution < -0.4 is 5.84 Å². The molecule has 0 aliphatic heterocycles. The predicted octanol–water partition coefficient (Wildman–Crippen LogP) is 0.780. The van der Waals surface area contributed by atoms with Crippen LogP contribution in [0.4, 0.5) is 0 Å². The Hall–Kier alpha value is -1.71. The van der Waals surface area contributed by atoms with Crippen molar-refractivity contribution in [1.29, 1.82) is 0 Å². The first-order valence-electron chi connectivity index (χ1n) is 3.42. The Morgan fingerprint density at radius 2 is 2.08 bits per heavy atom. The number of hydrogen-bond donors (Lipinski definition) is 3. The van der Waals surface area contributed by atoms with Crippen LogP contribution in [0, 0.1) is 0 Å². The van der Waals surface area contributed by atoms with Gasteiger partial charge in [0, 0.05) is 11.6 Å². The maximum absolute atomic E-state index is 9.30. The van der Waals surface area contributed by atoms with Gasteiger partial charge in [0.15, 0.2) is 0 Å². The summed E-state index contributed by atoms with van der Waals surface area (Å²) in [6.45, 7) is 1.67. The summed E-state index contributed by atoms with van der Waals surface area (Å²) >= 11 is 0. The van der Waals surface area contributed by atoms with E-state index in [4.69, 9.17) is 10.9 Å². The molecule has 0 saturated carbocycles. The zero-order valence-electron chi connectivity index (χ0n) is 6.65. The van der Waals surface area contributed by atoms with Crippen LogP contribution in [-0.2, 0) is 0 Å². The second kappa shape index (κ2) is 3.13. The molecule has 4 nitrogen and oxygen atoms in total. The number of rotatable bonds is 1. The van der Waals surface area contributed by atoms with Crippen LogP contribution in [-0.4, -0.2) is 15.9 Å². The third kappa shape index (κ3) is 1.47. The minimum Gasteiger partial charge on any atom is -0.508 e. The van der Waals surface area contributed by atoms with Gasteiger partial charge in [-0.3, -0.25) is 0 Å². The van der Waals surface area contributed by atoms with Crippen molar-refractivity contribution in [2.75, 3.05) is 0 Å². The molecule has 0 spiro atoms. The summed E-state index contributed by atoms with van der Waals surface area (Å²) in [7, 11) is 0.